The van der Waals surface area contributed by atoms with Gasteiger partial charge in [0.15, 0.2) is 0 Å². The molecule has 0 radical (unpaired) electrons. The lowest BCUT2D eigenvalue weighted by Gasteiger charge is -2.32. The van der Waals surface area contributed by atoms with Crippen LogP contribution in [-0.4, -0.2) is 15.8 Å². The second kappa shape index (κ2) is 4.79. The van der Waals surface area contributed by atoms with Gasteiger partial charge < -0.3 is 5.32 Å². The molecule has 0 saturated heterocycles. The van der Waals surface area contributed by atoms with Crippen LogP contribution < -0.4 is 5.32 Å². The molecule has 84 valence electrons. The van der Waals surface area contributed by atoms with Crippen LogP contribution >= 0.6 is 0 Å². The van der Waals surface area contributed by atoms with Crippen LogP contribution in [0.3, 0.4) is 0 Å². The number of aromatic nitrogens is 2. The van der Waals surface area contributed by atoms with Crippen molar-refractivity contribution in [1.29, 1.82) is 0 Å². The van der Waals surface area contributed by atoms with Crippen LogP contribution in [0.2, 0.25) is 0 Å². The molecule has 1 N–H and O–H groups in total. The van der Waals surface area contributed by atoms with Crippen molar-refractivity contribution in [3.63, 3.8) is 0 Å². The summed E-state index contributed by atoms with van der Waals surface area (Å²) in [5, 5.41) is 7.87. The number of rotatable bonds is 5. The minimum absolute atomic E-state index is 0.652. The lowest BCUT2D eigenvalue weighted by atomic mass is 9.80. The fourth-order valence-electron chi connectivity index (χ4n) is 2.17. The SMILES string of the molecule is CCn1nccc1CNC(C)C1CCC1. The van der Waals surface area contributed by atoms with Gasteiger partial charge in [-0.15, -0.1) is 0 Å². The van der Waals surface area contributed by atoms with Gasteiger partial charge in [-0.25, -0.2) is 0 Å². The first-order valence-corrected chi connectivity index (χ1v) is 6.05. The fourth-order valence-corrected chi connectivity index (χ4v) is 2.17. The highest BCUT2D eigenvalue weighted by Crippen LogP contribution is 2.29. The van der Waals surface area contributed by atoms with E-state index in [1.807, 2.05) is 6.20 Å². The van der Waals surface area contributed by atoms with Gasteiger partial charge in [0, 0.05) is 25.3 Å². The van der Waals surface area contributed by atoms with Crippen LogP contribution in [0.25, 0.3) is 0 Å². The van der Waals surface area contributed by atoms with Crippen LogP contribution in [0.15, 0.2) is 12.3 Å². The van der Waals surface area contributed by atoms with E-state index in [0.717, 1.165) is 19.0 Å². The van der Waals surface area contributed by atoms with Crippen LogP contribution in [-0.2, 0) is 13.1 Å². The number of aryl methyl sites for hydroxylation is 1. The van der Waals surface area contributed by atoms with Crippen LogP contribution in [0.4, 0.5) is 0 Å². The maximum Gasteiger partial charge on any atom is 0.0522 e. The van der Waals surface area contributed by atoms with Gasteiger partial charge >= 0.3 is 0 Å². The maximum atomic E-state index is 4.27. The first kappa shape index (κ1) is 10.7. The van der Waals surface area contributed by atoms with E-state index in [4.69, 9.17) is 0 Å². The Balaban J connectivity index is 1.81. The Morgan fingerprint density at radius 1 is 1.60 bits per heavy atom. The van der Waals surface area contributed by atoms with Gasteiger partial charge in [-0.3, -0.25) is 4.68 Å². The van der Waals surface area contributed by atoms with Crippen LogP contribution in [0.1, 0.15) is 38.8 Å². The molecule has 1 aliphatic carbocycles. The summed E-state index contributed by atoms with van der Waals surface area (Å²) in [5.41, 5.74) is 1.30. The van der Waals surface area contributed by atoms with Crippen molar-refractivity contribution < 1.29 is 0 Å². The van der Waals surface area contributed by atoms with Crippen LogP contribution in [0.5, 0.6) is 0 Å². The molecule has 1 aliphatic rings. The molecule has 0 amide bonds. The molecule has 1 aromatic rings. The second-order valence-corrected chi connectivity index (χ2v) is 4.50. The molecule has 0 bridgehead atoms. The predicted octanol–water partition coefficient (Wildman–Crippen LogP) is 2.18. The quantitative estimate of drug-likeness (QED) is 0.802. The van der Waals surface area contributed by atoms with Gasteiger partial charge in [0.25, 0.3) is 0 Å². The molecule has 1 atom stereocenters. The molecule has 0 spiro atoms. The molecule has 1 fully saturated rings. The second-order valence-electron chi connectivity index (χ2n) is 4.50. The molecular weight excluding hydrogens is 186 g/mol. The van der Waals surface area contributed by atoms with Crippen molar-refractivity contribution in [3.05, 3.63) is 18.0 Å². The third-order valence-electron chi connectivity index (χ3n) is 3.57. The molecule has 0 aliphatic heterocycles. The van der Waals surface area contributed by atoms with E-state index in [2.05, 4.69) is 35.0 Å². The van der Waals surface area contributed by atoms with Gasteiger partial charge in [-0.1, -0.05) is 6.42 Å². The van der Waals surface area contributed by atoms with E-state index in [0.29, 0.717) is 6.04 Å². The summed E-state index contributed by atoms with van der Waals surface area (Å²) in [6.07, 6.45) is 6.11. The molecule has 1 saturated carbocycles. The Hall–Kier alpha value is -0.830. The molecule has 2 rings (SSSR count). The highest BCUT2D eigenvalue weighted by atomic mass is 15.3. The van der Waals surface area contributed by atoms with Gasteiger partial charge in [0.1, 0.15) is 0 Å². The van der Waals surface area contributed by atoms with Gasteiger partial charge in [-0.2, -0.15) is 5.10 Å². The Bertz CT molecular complexity index is 302. The van der Waals surface area contributed by atoms with Crippen molar-refractivity contribution in [1.82, 2.24) is 15.1 Å². The normalized spacial score (nSPS) is 18.8. The summed E-state index contributed by atoms with van der Waals surface area (Å²) in [7, 11) is 0. The van der Waals surface area contributed by atoms with Crippen molar-refractivity contribution >= 4 is 0 Å². The zero-order valence-corrected chi connectivity index (χ0v) is 9.74. The first-order chi connectivity index (χ1) is 7.31. The summed E-state index contributed by atoms with van der Waals surface area (Å²) in [6, 6.07) is 2.75. The standard InChI is InChI=1S/C12H21N3/c1-3-15-12(7-8-14-15)9-13-10(2)11-5-4-6-11/h7-8,10-11,13H,3-6,9H2,1-2H3. The monoisotopic (exact) mass is 207 g/mol. The lowest BCUT2D eigenvalue weighted by Crippen LogP contribution is -2.37. The Kier molecular flexibility index (Phi) is 3.41. The number of nitrogens with zero attached hydrogens (tertiary/aromatic N) is 2. The predicted molar refractivity (Wildman–Crippen MR) is 61.5 cm³/mol. The van der Waals surface area contributed by atoms with E-state index in [-0.39, 0.29) is 0 Å². The molecule has 1 unspecified atom stereocenters. The van der Waals surface area contributed by atoms with Gasteiger partial charge in [0.2, 0.25) is 0 Å². The van der Waals surface area contributed by atoms with Gasteiger partial charge in [-0.05, 0) is 38.7 Å². The largest absolute Gasteiger partial charge is 0.308 e. The molecular formula is C12H21N3. The zero-order valence-electron chi connectivity index (χ0n) is 9.74. The third-order valence-corrected chi connectivity index (χ3v) is 3.57. The number of hydrogen-bond donors (Lipinski definition) is 1. The summed E-state index contributed by atoms with van der Waals surface area (Å²) < 4.78 is 2.06. The lowest BCUT2D eigenvalue weighted by molar-refractivity contribution is 0.239. The molecule has 3 nitrogen and oxygen atoms in total. The minimum Gasteiger partial charge on any atom is -0.308 e. The van der Waals surface area contributed by atoms with Crippen molar-refractivity contribution in [2.24, 2.45) is 5.92 Å². The molecule has 0 aromatic carbocycles. The summed E-state index contributed by atoms with van der Waals surface area (Å²) in [4.78, 5) is 0. The Labute approximate surface area is 91.9 Å². The molecule has 15 heavy (non-hydrogen) atoms. The average Bonchev–Trinajstić information content (AvgIpc) is 2.58. The Morgan fingerprint density at radius 3 is 3.00 bits per heavy atom. The Morgan fingerprint density at radius 2 is 2.40 bits per heavy atom. The van der Waals surface area contributed by atoms with Crippen molar-refractivity contribution in [3.8, 4) is 0 Å². The number of hydrogen-bond acceptors (Lipinski definition) is 2. The van der Waals surface area contributed by atoms with E-state index >= 15 is 0 Å². The van der Waals surface area contributed by atoms with E-state index in [1.165, 1.54) is 25.0 Å². The summed E-state index contributed by atoms with van der Waals surface area (Å²) in [6.45, 7) is 6.34. The highest BCUT2D eigenvalue weighted by Gasteiger charge is 2.23. The minimum atomic E-state index is 0.652. The maximum absolute atomic E-state index is 4.27. The topological polar surface area (TPSA) is 29.9 Å². The van der Waals surface area contributed by atoms with Gasteiger partial charge in [0.05, 0.1) is 5.69 Å². The van der Waals surface area contributed by atoms with Crippen molar-refractivity contribution in [2.75, 3.05) is 0 Å². The zero-order chi connectivity index (χ0) is 10.7. The summed E-state index contributed by atoms with van der Waals surface area (Å²) in [5.74, 6) is 0.906. The van der Waals surface area contributed by atoms with Crippen LogP contribution in [0, 0.1) is 5.92 Å². The van der Waals surface area contributed by atoms with E-state index in [1.54, 1.807) is 0 Å². The molecule has 1 aromatic heterocycles. The number of nitrogens with one attached hydrogen (secondary N) is 1. The summed E-state index contributed by atoms with van der Waals surface area (Å²) >= 11 is 0. The third kappa shape index (κ3) is 2.40. The molecule has 3 heteroatoms. The smallest absolute Gasteiger partial charge is 0.0522 e. The fraction of sp³-hybridized carbons (Fsp3) is 0.750. The molecule has 1 heterocycles. The van der Waals surface area contributed by atoms with E-state index in [9.17, 15) is 0 Å². The van der Waals surface area contributed by atoms with E-state index < -0.39 is 0 Å². The van der Waals surface area contributed by atoms with Crippen molar-refractivity contribution in [2.45, 2.75) is 52.2 Å². The highest BCUT2D eigenvalue weighted by molar-refractivity contribution is 5.00. The average molecular weight is 207 g/mol. The first-order valence-electron chi connectivity index (χ1n) is 6.05.